The zero-order chi connectivity index (χ0) is 15.7. The minimum atomic E-state index is -0.212. The molecule has 120 valence electrons. The predicted octanol–water partition coefficient (Wildman–Crippen LogP) is 1.60. The first kappa shape index (κ1) is 15.0. The molecule has 0 aromatic carbocycles. The molecule has 3 heterocycles. The fraction of sp³-hybridized carbons (Fsp3) is 0.667. The van der Waals surface area contributed by atoms with Crippen LogP contribution in [0.25, 0.3) is 0 Å². The van der Waals surface area contributed by atoms with E-state index in [2.05, 4.69) is 25.9 Å². The van der Waals surface area contributed by atoms with Crippen LogP contribution in [0.1, 0.15) is 50.5 Å². The summed E-state index contributed by atoms with van der Waals surface area (Å²) in [5, 5.41) is 7.02. The number of nitrogens with zero attached hydrogens (tertiary/aromatic N) is 3. The van der Waals surface area contributed by atoms with Gasteiger partial charge in [0.2, 0.25) is 0 Å². The number of ether oxygens (including phenoxy) is 1. The van der Waals surface area contributed by atoms with Gasteiger partial charge in [0.15, 0.2) is 5.82 Å². The lowest BCUT2D eigenvalue weighted by molar-refractivity contribution is 0.193. The topological polar surface area (TPSA) is 85.9 Å². The maximum absolute atomic E-state index is 11.1. The molecule has 1 fully saturated rings. The summed E-state index contributed by atoms with van der Waals surface area (Å²) in [5.74, 6) is 2.70. The van der Waals surface area contributed by atoms with Gasteiger partial charge in [0.05, 0.1) is 12.1 Å². The van der Waals surface area contributed by atoms with Crippen LogP contribution in [0.15, 0.2) is 15.4 Å². The maximum atomic E-state index is 11.1. The summed E-state index contributed by atoms with van der Waals surface area (Å²) in [6.07, 6.45) is 2.27. The molecule has 7 heteroatoms. The Bertz CT molecular complexity index is 686. The minimum Gasteiger partial charge on any atom is -0.384 e. The van der Waals surface area contributed by atoms with E-state index in [1.54, 1.807) is 0 Å². The van der Waals surface area contributed by atoms with Gasteiger partial charge in [-0.1, -0.05) is 0 Å². The molecule has 22 heavy (non-hydrogen) atoms. The Morgan fingerprint density at radius 2 is 2.23 bits per heavy atom. The van der Waals surface area contributed by atoms with Gasteiger partial charge in [-0.05, 0) is 27.2 Å². The third kappa shape index (κ3) is 3.14. The summed E-state index contributed by atoms with van der Waals surface area (Å²) in [6, 6.07) is 1.48. The van der Waals surface area contributed by atoms with Crippen molar-refractivity contribution in [3.63, 3.8) is 0 Å². The SMILES string of the molecule is CC(C)(C)n1nc([C@@H]2CCOC2)nc1CCc1cc(=O)[nH]o1. The van der Waals surface area contributed by atoms with E-state index in [4.69, 9.17) is 19.3 Å². The van der Waals surface area contributed by atoms with E-state index in [9.17, 15) is 4.79 Å². The van der Waals surface area contributed by atoms with E-state index >= 15 is 0 Å². The van der Waals surface area contributed by atoms with Gasteiger partial charge < -0.3 is 9.26 Å². The van der Waals surface area contributed by atoms with Crippen LogP contribution in [-0.2, 0) is 23.1 Å². The van der Waals surface area contributed by atoms with Crippen LogP contribution >= 0.6 is 0 Å². The third-order valence-electron chi connectivity index (χ3n) is 3.79. The van der Waals surface area contributed by atoms with Gasteiger partial charge in [0, 0.05) is 31.4 Å². The molecule has 1 saturated heterocycles. The van der Waals surface area contributed by atoms with Gasteiger partial charge in [0.25, 0.3) is 5.56 Å². The molecular weight excluding hydrogens is 284 g/mol. The normalized spacial score (nSPS) is 19.0. The minimum absolute atomic E-state index is 0.140. The Hall–Kier alpha value is -1.89. The summed E-state index contributed by atoms with van der Waals surface area (Å²) >= 11 is 0. The van der Waals surface area contributed by atoms with Gasteiger partial charge in [-0.2, -0.15) is 10.3 Å². The molecule has 1 aliphatic heterocycles. The van der Waals surface area contributed by atoms with Crippen LogP contribution in [-0.4, -0.2) is 33.1 Å². The lowest BCUT2D eigenvalue weighted by Crippen LogP contribution is -2.26. The fourth-order valence-corrected chi connectivity index (χ4v) is 2.65. The smallest absolute Gasteiger partial charge is 0.280 e. The number of aromatic amines is 1. The second-order valence-electron chi connectivity index (χ2n) is 6.71. The van der Waals surface area contributed by atoms with Crippen molar-refractivity contribution in [1.29, 1.82) is 0 Å². The third-order valence-corrected chi connectivity index (χ3v) is 3.79. The van der Waals surface area contributed by atoms with Crippen molar-refractivity contribution < 1.29 is 9.26 Å². The molecule has 3 rings (SSSR count). The molecule has 0 unspecified atom stereocenters. The summed E-state index contributed by atoms with van der Waals surface area (Å²) in [4.78, 5) is 15.8. The molecule has 1 atom stereocenters. The summed E-state index contributed by atoms with van der Waals surface area (Å²) in [7, 11) is 0. The van der Waals surface area contributed by atoms with Gasteiger partial charge in [-0.25, -0.2) is 9.67 Å². The highest BCUT2D eigenvalue weighted by atomic mass is 16.5. The maximum Gasteiger partial charge on any atom is 0.280 e. The van der Waals surface area contributed by atoms with Crippen molar-refractivity contribution in [2.45, 2.75) is 51.5 Å². The number of H-pyrrole nitrogens is 1. The number of hydrogen-bond acceptors (Lipinski definition) is 5. The lowest BCUT2D eigenvalue weighted by atomic mass is 10.1. The van der Waals surface area contributed by atoms with E-state index in [1.807, 2.05) is 4.68 Å². The van der Waals surface area contributed by atoms with Crippen LogP contribution < -0.4 is 5.56 Å². The van der Waals surface area contributed by atoms with Crippen molar-refractivity contribution in [3.05, 3.63) is 33.8 Å². The molecule has 2 aromatic rings. The van der Waals surface area contributed by atoms with Gasteiger partial charge in [-0.15, -0.1) is 0 Å². The average molecular weight is 306 g/mol. The quantitative estimate of drug-likeness (QED) is 0.927. The standard InChI is InChI=1S/C15H22N4O3/c1-15(2,3)19-12(5-4-11-8-13(20)18-22-11)16-14(17-19)10-6-7-21-9-10/h8,10H,4-7,9H2,1-3H3,(H,18,20)/t10-/m1/s1. The molecule has 0 saturated carbocycles. The second-order valence-corrected chi connectivity index (χ2v) is 6.71. The summed E-state index contributed by atoms with van der Waals surface area (Å²) < 4.78 is 12.5. The predicted molar refractivity (Wildman–Crippen MR) is 79.9 cm³/mol. The van der Waals surface area contributed by atoms with E-state index < -0.39 is 0 Å². The molecule has 0 aliphatic carbocycles. The lowest BCUT2D eigenvalue weighted by Gasteiger charge is -2.21. The molecule has 1 N–H and O–H groups in total. The molecule has 0 spiro atoms. The highest BCUT2D eigenvalue weighted by molar-refractivity contribution is 5.05. The van der Waals surface area contributed by atoms with E-state index in [0.717, 1.165) is 24.7 Å². The molecule has 7 nitrogen and oxygen atoms in total. The van der Waals surface area contributed by atoms with Crippen LogP contribution in [0.4, 0.5) is 0 Å². The van der Waals surface area contributed by atoms with Crippen molar-refractivity contribution in [2.24, 2.45) is 0 Å². The van der Waals surface area contributed by atoms with Gasteiger partial charge >= 0.3 is 0 Å². The number of nitrogens with one attached hydrogen (secondary N) is 1. The second kappa shape index (κ2) is 5.72. The highest BCUT2D eigenvalue weighted by Gasteiger charge is 2.27. The zero-order valence-electron chi connectivity index (χ0n) is 13.3. The first-order valence-corrected chi connectivity index (χ1v) is 7.65. The Balaban J connectivity index is 1.82. The summed E-state index contributed by atoms with van der Waals surface area (Å²) in [5.41, 5.74) is -0.352. The van der Waals surface area contributed by atoms with Crippen LogP contribution in [0.5, 0.6) is 0 Å². The Kier molecular flexibility index (Phi) is 3.90. The monoisotopic (exact) mass is 306 g/mol. The number of rotatable bonds is 4. The molecule has 0 amide bonds. The number of aromatic nitrogens is 4. The molecule has 0 bridgehead atoms. The molecular formula is C15H22N4O3. The van der Waals surface area contributed by atoms with Crippen molar-refractivity contribution in [2.75, 3.05) is 13.2 Å². The zero-order valence-corrected chi connectivity index (χ0v) is 13.3. The van der Waals surface area contributed by atoms with Crippen LogP contribution in [0.3, 0.4) is 0 Å². The van der Waals surface area contributed by atoms with E-state index in [0.29, 0.717) is 25.2 Å². The van der Waals surface area contributed by atoms with Crippen LogP contribution in [0, 0.1) is 0 Å². The largest absolute Gasteiger partial charge is 0.384 e. The number of aryl methyl sites for hydroxylation is 2. The van der Waals surface area contributed by atoms with E-state index in [-0.39, 0.29) is 17.0 Å². The van der Waals surface area contributed by atoms with E-state index in [1.165, 1.54) is 6.07 Å². The van der Waals surface area contributed by atoms with Crippen molar-refractivity contribution in [1.82, 2.24) is 19.9 Å². The van der Waals surface area contributed by atoms with Crippen LogP contribution in [0.2, 0.25) is 0 Å². The molecule has 2 aromatic heterocycles. The van der Waals surface area contributed by atoms with Crippen molar-refractivity contribution >= 4 is 0 Å². The molecule has 0 radical (unpaired) electrons. The Morgan fingerprint density at radius 1 is 1.41 bits per heavy atom. The first-order chi connectivity index (χ1) is 10.4. The van der Waals surface area contributed by atoms with Gasteiger partial charge in [-0.3, -0.25) is 4.79 Å². The summed E-state index contributed by atoms with van der Waals surface area (Å²) in [6.45, 7) is 7.79. The first-order valence-electron chi connectivity index (χ1n) is 7.65. The van der Waals surface area contributed by atoms with Gasteiger partial charge in [0.1, 0.15) is 11.6 Å². The van der Waals surface area contributed by atoms with Crippen molar-refractivity contribution in [3.8, 4) is 0 Å². The fourth-order valence-electron chi connectivity index (χ4n) is 2.65. The average Bonchev–Trinajstić information content (AvgIpc) is 3.15. The number of hydrogen-bond donors (Lipinski definition) is 1. The Labute approximate surface area is 128 Å². The Morgan fingerprint density at radius 3 is 2.82 bits per heavy atom. The molecule has 1 aliphatic rings. The highest BCUT2D eigenvalue weighted by Crippen LogP contribution is 2.25.